The number of nitrogens with zero attached hydrogens (tertiary/aromatic N) is 1. The molecule has 2 rings (SSSR count). The summed E-state index contributed by atoms with van der Waals surface area (Å²) in [6.07, 6.45) is 3.63. The molecule has 1 unspecified atom stereocenters. The van der Waals surface area contributed by atoms with Gasteiger partial charge in [-0.25, -0.2) is 0 Å². The van der Waals surface area contributed by atoms with E-state index in [1.54, 1.807) is 4.90 Å². The molecule has 1 aliphatic carbocycles. The zero-order valence-corrected chi connectivity index (χ0v) is 12.7. The van der Waals surface area contributed by atoms with Crippen molar-refractivity contribution >= 4 is 11.8 Å². The van der Waals surface area contributed by atoms with E-state index >= 15 is 0 Å². The predicted molar refractivity (Wildman–Crippen MR) is 74.9 cm³/mol. The number of alkyl halides is 1. The first kappa shape index (κ1) is 15.3. The van der Waals surface area contributed by atoms with Crippen molar-refractivity contribution in [2.24, 2.45) is 5.41 Å². The molecule has 1 spiro atoms. The quantitative estimate of drug-likeness (QED) is 0.862. The third kappa shape index (κ3) is 2.54. The minimum Gasteiger partial charge on any atom is -0.340 e. The van der Waals surface area contributed by atoms with E-state index in [-0.39, 0.29) is 17.2 Å². The van der Waals surface area contributed by atoms with E-state index in [1.165, 1.54) is 0 Å². The molecule has 0 aromatic heterocycles. The topological polar surface area (TPSA) is 49.4 Å². The Morgan fingerprint density at radius 3 is 2.40 bits per heavy atom. The fraction of sp³-hybridized carbons (Fsp3) is 0.867. The molecule has 20 heavy (non-hydrogen) atoms. The second kappa shape index (κ2) is 5.34. The van der Waals surface area contributed by atoms with Gasteiger partial charge >= 0.3 is 0 Å². The molecule has 4 nitrogen and oxygen atoms in total. The molecular weight excluding hydrogens is 259 g/mol. The van der Waals surface area contributed by atoms with E-state index in [4.69, 9.17) is 0 Å². The SMILES string of the molecule is CC(C)(C)C1C(=O)NC2(CCCC2)C(=O)N1CCCF. The fourth-order valence-electron chi connectivity index (χ4n) is 3.53. The molecule has 2 amide bonds. The summed E-state index contributed by atoms with van der Waals surface area (Å²) in [5.74, 6) is -0.0965. The second-order valence-corrected chi connectivity index (χ2v) is 7.09. The van der Waals surface area contributed by atoms with Crippen molar-refractivity contribution in [2.75, 3.05) is 13.2 Å². The van der Waals surface area contributed by atoms with Gasteiger partial charge in [0, 0.05) is 6.54 Å². The number of amides is 2. The average molecular weight is 284 g/mol. The van der Waals surface area contributed by atoms with Gasteiger partial charge in [0.25, 0.3) is 0 Å². The minimum absolute atomic E-state index is 0.0111. The second-order valence-electron chi connectivity index (χ2n) is 7.09. The molecule has 0 radical (unpaired) electrons. The summed E-state index contributed by atoms with van der Waals surface area (Å²) in [7, 11) is 0. The number of hydrogen-bond donors (Lipinski definition) is 1. The summed E-state index contributed by atoms with van der Waals surface area (Å²) >= 11 is 0. The van der Waals surface area contributed by atoms with Gasteiger partial charge in [-0.3, -0.25) is 14.0 Å². The molecule has 0 bridgehead atoms. The zero-order valence-electron chi connectivity index (χ0n) is 12.7. The summed E-state index contributed by atoms with van der Waals surface area (Å²) in [6.45, 7) is 5.69. The molecular formula is C15H25FN2O2. The maximum absolute atomic E-state index is 12.8. The van der Waals surface area contributed by atoms with Gasteiger partial charge in [0.15, 0.2) is 0 Å². The molecule has 0 aromatic carbocycles. The van der Waals surface area contributed by atoms with E-state index in [0.717, 1.165) is 12.8 Å². The molecule has 5 heteroatoms. The van der Waals surface area contributed by atoms with E-state index < -0.39 is 18.3 Å². The Morgan fingerprint density at radius 2 is 1.90 bits per heavy atom. The number of hydrogen-bond acceptors (Lipinski definition) is 2. The average Bonchev–Trinajstić information content (AvgIpc) is 2.79. The third-order valence-corrected chi connectivity index (χ3v) is 4.40. The third-order valence-electron chi connectivity index (χ3n) is 4.40. The lowest BCUT2D eigenvalue weighted by Gasteiger charge is -2.48. The molecule has 1 N–H and O–H groups in total. The molecule has 1 atom stereocenters. The van der Waals surface area contributed by atoms with Crippen molar-refractivity contribution in [3.63, 3.8) is 0 Å². The molecule has 114 valence electrons. The van der Waals surface area contributed by atoms with Crippen LogP contribution in [-0.2, 0) is 9.59 Å². The Kier molecular flexibility index (Phi) is 4.07. The van der Waals surface area contributed by atoms with Crippen molar-refractivity contribution in [2.45, 2.75) is 64.5 Å². The van der Waals surface area contributed by atoms with Gasteiger partial charge in [0.2, 0.25) is 11.8 Å². The van der Waals surface area contributed by atoms with Crippen LogP contribution in [0.5, 0.6) is 0 Å². The van der Waals surface area contributed by atoms with Crippen LogP contribution in [0.1, 0.15) is 52.9 Å². The van der Waals surface area contributed by atoms with E-state index in [2.05, 4.69) is 5.32 Å². The number of piperazine rings is 1. The van der Waals surface area contributed by atoms with Crippen LogP contribution in [0.2, 0.25) is 0 Å². The summed E-state index contributed by atoms with van der Waals surface area (Å²) in [6, 6.07) is -0.507. The largest absolute Gasteiger partial charge is 0.340 e. The molecule has 1 saturated heterocycles. The smallest absolute Gasteiger partial charge is 0.249 e. The molecule has 2 fully saturated rings. The Balaban J connectivity index is 2.31. The zero-order chi connectivity index (χ0) is 15.0. The van der Waals surface area contributed by atoms with Gasteiger partial charge in [-0.05, 0) is 24.7 Å². The summed E-state index contributed by atoms with van der Waals surface area (Å²) in [5.41, 5.74) is -1.06. The lowest BCUT2D eigenvalue weighted by Crippen LogP contribution is -2.72. The van der Waals surface area contributed by atoms with Crippen LogP contribution in [0.25, 0.3) is 0 Å². The number of nitrogens with one attached hydrogen (secondary N) is 1. The standard InChI is InChI=1S/C15H25FN2O2/c1-14(2,3)11-12(19)17-15(7-4-5-8-15)13(20)18(11)10-6-9-16/h11H,4-10H2,1-3H3,(H,17,19). The highest BCUT2D eigenvalue weighted by Gasteiger charge is 2.54. The van der Waals surface area contributed by atoms with Gasteiger partial charge in [-0.15, -0.1) is 0 Å². The van der Waals surface area contributed by atoms with Crippen molar-refractivity contribution in [3.8, 4) is 0 Å². The molecule has 1 heterocycles. The molecule has 1 saturated carbocycles. The van der Waals surface area contributed by atoms with Gasteiger partial charge in [0.05, 0.1) is 6.67 Å². The van der Waals surface area contributed by atoms with Crippen LogP contribution >= 0.6 is 0 Å². The number of halogens is 1. The highest BCUT2D eigenvalue weighted by atomic mass is 19.1. The van der Waals surface area contributed by atoms with Crippen molar-refractivity contribution in [1.82, 2.24) is 10.2 Å². The highest BCUT2D eigenvalue weighted by Crippen LogP contribution is 2.38. The fourth-order valence-corrected chi connectivity index (χ4v) is 3.53. The lowest BCUT2D eigenvalue weighted by molar-refractivity contribution is -0.159. The Bertz CT molecular complexity index is 397. The highest BCUT2D eigenvalue weighted by molar-refractivity contribution is 6.00. The summed E-state index contributed by atoms with van der Waals surface area (Å²) in [4.78, 5) is 27.0. The minimum atomic E-state index is -0.713. The van der Waals surface area contributed by atoms with Crippen LogP contribution in [0.4, 0.5) is 4.39 Å². The number of carbonyl (C=O) groups excluding carboxylic acids is 2. The first-order valence-electron chi connectivity index (χ1n) is 7.51. The van der Waals surface area contributed by atoms with Crippen LogP contribution in [-0.4, -0.2) is 41.5 Å². The first-order chi connectivity index (χ1) is 9.32. The number of carbonyl (C=O) groups is 2. The van der Waals surface area contributed by atoms with E-state index in [0.29, 0.717) is 25.8 Å². The Morgan fingerprint density at radius 1 is 1.30 bits per heavy atom. The van der Waals surface area contributed by atoms with Crippen molar-refractivity contribution in [3.05, 3.63) is 0 Å². The summed E-state index contributed by atoms with van der Waals surface area (Å²) in [5, 5.41) is 2.98. The van der Waals surface area contributed by atoms with Crippen LogP contribution in [0.3, 0.4) is 0 Å². The van der Waals surface area contributed by atoms with Gasteiger partial charge in [0.1, 0.15) is 11.6 Å². The maximum atomic E-state index is 12.8. The van der Waals surface area contributed by atoms with Crippen LogP contribution in [0.15, 0.2) is 0 Å². The molecule has 2 aliphatic rings. The van der Waals surface area contributed by atoms with Crippen LogP contribution < -0.4 is 5.32 Å². The summed E-state index contributed by atoms with van der Waals surface area (Å²) < 4.78 is 12.5. The monoisotopic (exact) mass is 284 g/mol. The number of rotatable bonds is 3. The molecule has 0 aromatic rings. The molecule has 1 aliphatic heterocycles. The first-order valence-corrected chi connectivity index (χ1v) is 7.51. The van der Waals surface area contributed by atoms with E-state index in [1.807, 2.05) is 20.8 Å². The predicted octanol–water partition coefficient (Wildman–Crippen LogP) is 2.03. The maximum Gasteiger partial charge on any atom is 0.249 e. The van der Waals surface area contributed by atoms with Gasteiger partial charge in [-0.2, -0.15) is 0 Å². The van der Waals surface area contributed by atoms with E-state index in [9.17, 15) is 14.0 Å². The van der Waals surface area contributed by atoms with Gasteiger partial charge < -0.3 is 10.2 Å². The normalized spacial score (nSPS) is 26.2. The Labute approximate surface area is 120 Å². The lowest BCUT2D eigenvalue weighted by atomic mass is 9.80. The van der Waals surface area contributed by atoms with Crippen molar-refractivity contribution in [1.29, 1.82) is 0 Å². The van der Waals surface area contributed by atoms with Crippen LogP contribution in [0, 0.1) is 5.41 Å². The van der Waals surface area contributed by atoms with Gasteiger partial charge in [-0.1, -0.05) is 33.6 Å². The Hall–Kier alpha value is -1.13. The van der Waals surface area contributed by atoms with Crippen molar-refractivity contribution < 1.29 is 14.0 Å².